The van der Waals surface area contributed by atoms with Crippen molar-refractivity contribution in [2.75, 3.05) is 17.7 Å². The van der Waals surface area contributed by atoms with Crippen LogP contribution in [0, 0.1) is 0 Å². The van der Waals surface area contributed by atoms with E-state index in [4.69, 9.17) is 33.7 Å². The van der Waals surface area contributed by atoms with Crippen molar-refractivity contribution in [3.63, 3.8) is 0 Å². The van der Waals surface area contributed by atoms with Crippen molar-refractivity contribution in [2.24, 2.45) is 0 Å². The summed E-state index contributed by atoms with van der Waals surface area (Å²) in [6.45, 7) is 2.48. The molecule has 0 aliphatic heterocycles. The third-order valence-electron chi connectivity index (χ3n) is 2.52. The zero-order valence-corrected chi connectivity index (χ0v) is 11.9. The Kier molecular flexibility index (Phi) is 4.40. The van der Waals surface area contributed by atoms with Crippen molar-refractivity contribution >= 4 is 40.3 Å². The summed E-state index contributed by atoms with van der Waals surface area (Å²) in [6, 6.07) is 10.8. The van der Waals surface area contributed by atoms with Crippen molar-refractivity contribution in [1.82, 2.24) is 0 Å². The largest absolute Gasteiger partial charge is 0.492 e. The number of ether oxygens (including phenoxy) is 1. The first-order valence-corrected chi connectivity index (χ1v) is 6.60. The van der Waals surface area contributed by atoms with E-state index in [1.165, 1.54) is 0 Å². The Bertz CT molecular complexity index is 588. The Morgan fingerprint density at radius 3 is 2.63 bits per heavy atom. The summed E-state index contributed by atoms with van der Waals surface area (Å²) in [5.41, 5.74) is 8.05. The highest BCUT2D eigenvalue weighted by Crippen LogP contribution is 2.31. The highest BCUT2D eigenvalue weighted by Gasteiger charge is 2.05. The molecule has 0 bridgehead atoms. The molecule has 2 aromatic rings. The molecule has 2 aromatic carbocycles. The van der Waals surface area contributed by atoms with Crippen LogP contribution in [0.2, 0.25) is 10.0 Å². The molecule has 0 unspecified atom stereocenters. The molecule has 0 amide bonds. The number of rotatable bonds is 4. The van der Waals surface area contributed by atoms with E-state index in [0.29, 0.717) is 28.1 Å². The van der Waals surface area contributed by atoms with Gasteiger partial charge in [0, 0.05) is 16.8 Å². The van der Waals surface area contributed by atoms with Gasteiger partial charge in [-0.2, -0.15) is 0 Å². The summed E-state index contributed by atoms with van der Waals surface area (Å²) in [7, 11) is 0. The maximum absolute atomic E-state index is 6.11. The molecule has 0 aliphatic rings. The van der Waals surface area contributed by atoms with Crippen molar-refractivity contribution in [2.45, 2.75) is 6.92 Å². The number of anilines is 3. The Balaban J connectivity index is 2.25. The minimum absolute atomic E-state index is 0.558. The third kappa shape index (κ3) is 3.46. The predicted octanol–water partition coefficient (Wildman–Crippen LogP) is 4.72. The van der Waals surface area contributed by atoms with Gasteiger partial charge in [-0.1, -0.05) is 23.2 Å². The summed E-state index contributed by atoms with van der Waals surface area (Å²) in [6.07, 6.45) is 0. The quantitative estimate of drug-likeness (QED) is 0.803. The lowest BCUT2D eigenvalue weighted by atomic mass is 10.2. The van der Waals surface area contributed by atoms with Gasteiger partial charge in [0.1, 0.15) is 5.75 Å². The van der Waals surface area contributed by atoms with Gasteiger partial charge in [0.05, 0.1) is 23.0 Å². The number of halogens is 2. The van der Waals surface area contributed by atoms with Gasteiger partial charge in [0.2, 0.25) is 0 Å². The molecule has 2 rings (SSSR count). The number of benzene rings is 2. The van der Waals surface area contributed by atoms with Crippen molar-refractivity contribution in [3.8, 4) is 5.75 Å². The monoisotopic (exact) mass is 296 g/mol. The molecule has 0 aliphatic carbocycles. The van der Waals surface area contributed by atoms with Crippen LogP contribution >= 0.6 is 23.2 Å². The molecular formula is C14H14Cl2N2O. The van der Waals surface area contributed by atoms with Crippen LogP contribution in [-0.4, -0.2) is 6.61 Å². The minimum Gasteiger partial charge on any atom is -0.492 e. The van der Waals surface area contributed by atoms with Gasteiger partial charge in [-0.15, -0.1) is 0 Å². The second-order valence-corrected chi connectivity index (χ2v) is 4.78. The van der Waals surface area contributed by atoms with E-state index in [1.54, 1.807) is 18.2 Å². The smallest absolute Gasteiger partial charge is 0.144 e. The van der Waals surface area contributed by atoms with Crippen molar-refractivity contribution in [3.05, 3.63) is 46.4 Å². The van der Waals surface area contributed by atoms with Crippen LogP contribution in [0.1, 0.15) is 6.92 Å². The number of nitrogens with one attached hydrogen (secondary N) is 1. The lowest BCUT2D eigenvalue weighted by Crippen LogP contribution is -1.98. The van der Waals surface area contributed by atoms with Crippen LogP contribution in [0.3, 0.4) is 0 Å². The molecule has 0 aromatic heterocycles. The van der Waals surface area contributed by atoms with Gasteiger partial charge < -0.3 is 15.8 Å². The fraction of sp³-hybridized carbons (Fsp3) is 0.143. The molecule has 5 heteroatoms. The van der Waals surface area contributed by atoms with E-state index in [-0.39, 0.29) is 0 Å². The molecule has 0 heterocycles. The Hall–Kier alpha value is -1.58. The molecule has 3 nitrogen and oxygen atoms in total. The van der Waals surface area contributed by atoms with Gasteiger partial charge in [-0.3, -0.25) is 0 Å². The average Bonchev–Trinajstić information content (AvgIpc) is 2.37. The summed E-state index contributed by atoms with van der Waals surface area (Å²) in [4.78, 5) is 0. The summed E-state index contributed by atoms with van der Waals surface area (Å²) in [5.74, 6) is 0.651. The van der Waals surface area contributed by atoms with E-state index in [1.807, 2.05) is 25.1 Å². The molecule has 0 atom stereocenters. The summed E-state index contributed by atoms with van der Waals surface area (Å²) >= 11 is 12.0. The van der Waals surface area contributed by atoms with Crippen LogP contribution in [0.5, 0.6) is 5.75 Å². The van der Waals surface area contributed by atoms with Gasteiger partial charge in [-0.05, 0) is 37.3 Å². The molecule has 0 saturated carbocycles. The second-order valence-electron chi connectivity index (χ2n) is 3.93. The SMILES string of the molecule is CCOc1cc(Nc2ccc(Cl)cc2Cl)ccc1N. The molecule has 0 fully saturated rings. The Morgan fingerprint density at radius 1 is 1.16 bits per heavy atom. The zero-order chi connectivity index (χ0) is 13.8. The molecule has 0 saturated heterocycles. The highest BCUT2D eigenvalue weighted by molar-refractivity contribution is 6.36. The van der Waals surface area contributed by atoms with Crippen molar-refractivity contribution in [1.29, 1.82) is 0 Å². The maximum atomic E-state index is 6.11. The van der Waals surface area contributed by atoms with Crippen LogP contribution in [-0.2, 0) is 0 Å². The van der Waals surface area contributed by atoms with E-state index >= 15 is 0 Å². The summed E-state index contributed by atoms with van der Waals surface area (Å²) in [5, 5.41) is 4.36. The van der Waals surface area contributed by atoms with Gasteiger partial charge in [0.15, 0.2) is 0 Å². The zero-order valence-electron chi connectivity index (χ0n) is 10.4. The van der Waals surface area contributed by atoms with Crippen LogP contribution in [0.15, 0.2) is 36.4 Å². The first-order chi connectivity index (χ1) is 9.10. The third-order valence-corrected chi connectivity index (χ3v) is 3.07. The maximum Gasteiger partial charge on any atom is 0.144 e. The minimum atomic E-state index is 0.558. The fourth-order valence-electron chi connectivity index (χ4n) is 1.64. The second kappa shape index (κ2) is 6.04. The predicted molar refractivity (Wildman–Crippen MR) is 81.8 cm³/mol. The topological polar surface area (TPSA) is 47.3 Å². The first kappa shape index (κ1) is 13.8. The van der Waals surface area contributed by atoms with Crippen LogP contribution in [0.25, 0.3) is 0 Å². The highest BCUT2D eigenvalue weighted by atomic mass is 35.5. The normalized spacial score (nSPS) is 10.3. The van der Waals surface area contributed by atoms with Gasteiger partial charge in [-0.25, -0.2) is 0 Å². The Labute approximate surface area is 122 Å². The van der Waals surface area contributed by atoms with Crippen molar-refractivity contribution < 1.29 is 4.74 Å². The molecular weight excluding hydrogens is 283 g/mol. The van der Waals surface area contributed by atoms with E-state index in [9.17, 15) is 0 Å². The van der Waals surface area contributed by atoms with Crippen LogP contribution < -0.4 is 15.8 Å². The number of nitrogen functional groups attached to an aromatic ring is 1. The molecule has 3 N–H and O–H groups in total. The Morgan fingerprint density at radius 2 is 1.95 bits per heavy atom. The molecule has 100 valence electrons. The lowest BCUT2D eigenvalue weighted by Gasteiger charge is -2.12. The van der Waals surface area contributed by atoms with E-state index in [0.717, 1.165) is 11.4 Å². The average molecular weight is 297 g/mol. The lowest BCUT2D eigenvalue weighted by molar-refractivity contribution is 0.342. The van der Waals surface area contributed by atoms with Gasteiger partial charge in [0.25, 0.3) is 0 Å². The number of hydrogen-bond donors (Lipinski definition) is 2. The van der Waals surface area contributed by atoms with Crippen LogP contribution in [0.4, 0.5) is 17.1 Å². The van der Waals surface area contributed by atoms with E-state index < -0.39 is 0 Å². The number of hydrogen-bond acceptors (Lipinski definition) is 3. The molecule has 0 radical (unpaired) electrons. The standard InChI is InChI=1S/C14H14Cl2N2O/c1-2-19-14-8-10(4-5-12(14)17)18-13-6-3-9(15)7-11(13)16/h3-8,18H,2,17H2,1H3. The molecule has 0 spiro atoms. The number of nitrogens with two attached hydrogens (primary N) is 1. The summed E-state index contributed by atoms with van der Waals surface area (Å²) < 4.78 is 5.45. The van der Waals surface area contributed by atoms with E-state index in [2.05, 4.69) is 5.32 Å². The molecule has 19 heavy (non-hydrogen) atoms. The fourth-order valence-corrected chi connectivity index (χ4v) is 2.09. The van der Waals surface area contributed by atoms with Gasteiger partial charge >= 0.3 is 0 Å². The first-order valence-electron chi connectivity index (χ1n) is 5.84.